The molecule has 3 rings (SSSR count). The third kappa shape index (κ3) is 3.46. The Morgan fingerprint density at radius 2 is 1.76 bits per heavy atom. The predicted molar refractivity (Wildman–Crippen MR) is 109 cm³/mol. The lowest BCUT2D eigenvalue weighted by Crippen LogP contribution is -2.11. The molecule has 3 aromatic rings. The number of fused-ring (bicyclic) bond motifs is 1. The summed E-state index contributed by atoms with van der Waals surface area (Å²) in [6, 6.07) is 15.5. The van der Waals surface area contributed by atoms with E-state index in [-0.39, 0.29) is 5.41 Å². The van der Waals surface area contributed by atoms with E-state index in [2.05, 4.69) is 84.0 Å². The fourth-order valence-electron chi connectivity index (χ4n) is 3.47. The normalized spacial score (nSPS) is 13.2. The van der Waals surface area contributed by atoms with Gasteiger partial charge in [0.25, 0.3) is 0 Å². The molecule has 1 atom stereocenters. The molecule has 1 heterocycles. The van der Waals surface area contributed by atoms with Gasteiger partial charge in [0.15, 0.2) is 0 Å². The minimum Gasteiger partial charge on any atom is -0.255 e. The van der Waals surface area contributed by atoms with Crippen LogP contribution in [-0.2, 0) is 5.41 Å². The summed E-state index contributed by atoms with van der Waals surface area (Å²) in [6.45, 7) is 13.6. The second-order valence-electron chi connectivity index (χ2n) is 8.25. The third-order valence-corrected chi connectivity index (χ3v) is 5.16. The van der Waals surface area contributed by atoms with Crippen LogP contribution in [0.1, 0.15) is 63.6 Å². The van der Waals surface area contributed by atoms with Gasteiger partial charge < -0.3 is 0 Å². The van der Waals surface area contributed by atoms with Gasteiger partial charge in [-0.3, -0.25) is 4.98 Å². The first kappa shape index (κ1) is 17.7. The quantitative estimate of drug-likeness (QED) is 0.502. The van der Waals surface area contributed by atoms with E-state index in [0.717, 1.165) is 12.1 Å². The Kier molecular flexibility index (Phi) is 4.69. The highest BCUT2D eigenvalue weighted by Gasteiger charge is 2.19. The molecule has 0 N–H and O–H groups in total. The number of pyridine rings is 1. The van der Waals surface area contributed by atoms with Gasteiger partial charge in [-0.1, -0.05) is 70.5 Å². The maximum atomic E-state index is 4.91. The van der Waals surface area contributed by atoms with Crippen LogP contribution in [0.2, 0.25) is 0 Å². The fraction of sp³-hybridized carbons (Fsp3) is 0.375. The molecule has 0 saturated heterocycles. The van der Waals surface area contributed by atoms with E-state index in [4.69, 9.17) is 4.98 Å². The zero-order valence-electron chi connectivity index (χ0n) is 16.4. The van der Waals surface area contributed by atoms with E-state index in [1.54, 1.807) is 0 Å². The van der Waals surface area contributed by atoms with Gasteiger partial charge in [-0.05, 0) is 53.3 Å². The molecule has 1 nitrogen and oxygen atoms in total. The molecule has 0 bridgehead atoms. The van der Waals surface area contributed by atoms with Gasteiger partial charge in [-0.2, -0.15) is 0 Å². The van der Waals surface area contributed by atoms with Gasteiger partial charge in [-0.25, -0.2) is 0 Å². The molecule has 1 aromatic heterocycles. The number of aromatic nitrogens is 1. The zero-order valence-corrected chi connectivity index (χ0v) is 16.4. The van der Waals surface area contributed by atoms with E-state index < -0.39 is 0 Å². The molecule has 1 unspecified atom stereocenters. The second-order valence-corrected chi connectivity index (χ2v) is 8.25. The Labute approximate surface area is 152 Å². The first-order valence-electron chi connectivity index (χ1n) is 9.31. The summed E-state index contributed by atoms with van der Waals surface area (Å²) < 4.78 is 0. The lowest BCUT2D eigenvalue weighted by atomic mass is 9.83. The number of nitrogens with zero attached hydrogens (tertiary/aromatic N) is 1. The minimum atomic E-state index is 0.133. The molecule has 0 aliphatic heterocycles. The number of aryl methyl sites for hydroxylation is 1. The van der Waals surface area contributed by atoms with Crippen molar-refractivity contribution in [3.05, 3.63) is 65.4 Å². The average Bonchev–Trinajstić information content (AvgIpc) is 2.58. The highest BCUT2D eigenvalue weighted by molar-refractivity contribution is 5.90. The van der Waals surface area contributed by atoms with Crippen LogP contribution in [0.25, 0.3) is 22.0 Å². The predicted octanol–water partition coefficient (Wildman–Crippen LogP) is 7.02. The Morgan fingerprint density at radius 1 is 1.04 bits per heavy atom. The van der Waals surface area contributed by atoms with Crippen molar-refractivity contribution in [2.75, 3.05) is 0 Å². The van der Waals surface area contributed by atoms with Crippen molar-refractivity contribution in [1.82, 2.24) is 4.98 Å². The maximum absolute atomic E-state index is 4.91. The number of hydrogen-bond donors (Lipinski definition) is 0. The van der Waals surface area contributed by atoms with Crippen LogP contribution in [0.15, 0.2) is 48.7 Å². The lowest BCUT2D eigenvalue weighted by Gasteiger charge is -2.22. The summed E-state index contributed by atoms with van der Waals surface area (Å²) in [5, 5.41) is 2.56. The van der Waals surface area contributed by atoms with Crippen molar-refractivity contribution < 1.29 is 0 Å². The van der Waals surface area contributed by atoms with Gasteiger partial charge in [0.05, 0.1) is 5.69 Å². The van der Waals surface area contributed by atoms with Crippen molar-refractivity contribution in [3.63, 3.8) is 0 Å². The summed E-state index contributed by atoms with van der Waals surface area (Å²) >= 11 is 0. The first-order chi connectivity index (χ1) is 11.8. The van der Waals surface area contributed by atoms with E-state index in [1.807, 2.05) is 6.20 Å². The third-order valence-electron chi connectivity index (χ3n) is 5.16. The largest absolute Gasteiger partial charge is 0.255 e. The molecule has 0 amide bonds. The molecule has 130 valence electrons. The van der Waals surface area contributed by atoms with E-state index >= 15 is 0 Å². The minimum absolute atomic E-state index is 0.133. The standard InChI is InChI=1S/C24H29N/c1-7-17(3)22-21-11-9-8-10-18(21)15-25-23(22)19-12-16(2)13-20(14-19)24(4,5)6/h8-15,17H,7H2,1-6H3. The zero-order chi connectivity index (χ0) is 18.2. The maximum Gasteiger partial charge on any atom is 0.0743 e. The Hall–Kier alpha value is -2.15. The molecule has 2 aromatic carbocycles. The molecule has 0 radical (unpaired) electrons. The lowest BCUT2D eigenvalue weighted by molar-refractivity contribution is 0.590. The Balaban J connectivity index is 2.31. The van der Waals surface area contributed by atoms with E-state index in [1.165, 1.54) is 33.0 Å². The molecule has 0 fully saturated rings. The smallest absolute Gasteiger partial charge is 0.0743 e. The Morgan fingerprint density at radius 3 is 2.44 bits per heavy atom. The van der Waals surface area contributed by atoms with Crippen LogP contribution in [-0.4, -0.2) is 4.98 Å². The summed E-state index contributed by atoms with van der Waals surface area (Å²) in [4.78, 5) is 4.91. The molecule has 1 heteroatoms. The van der Waals surface area contributed by atoms with Gasteiger partial charge in [0.2, 0.25) is 0 Å². The van der Waals surface area contributed by atoms with E-state index in [0.29, 0.717) is 5.92 Å². The molecule has 0 aliphatic rings. The van der Waals surface area contributed by atoms with Crippen molar-refractivity contribution in [1.29, 1.82) is 0 Å². The fourth-order valence-corrected chi connectivity index (χ4v) is 3.47. The summed E-state index contributed by atoms with van der Waals surface area (Å²) in [7, 11) is 0. The number of rotatable bonds is 3. The van der Waals surface area contributed by atoms with Crippen molar-refractivity contribution in [2.45, 2.75) is 59.3 Å². The van der Waals surface area contributed by atoms with Crippen molar-refractivity contribution in [3.8, 4) is 11.3 Å². The molecular weight excluding hydrogens is 302 g/mol. The van der Waals surface area contributed by atoms with Gasteiger partial charge in [0.1, 0.15) is 0 Å². The van der Waals surface area contributed by atoms with Crippen LogP contribution >= 0.6 is 0 Å². The highest BCUT2D eigenvalue weighted by Crippen LogP contribution is 2.37. The van der Waals surface area contributed by atoms with Gasteiger partial charge >= 0.3 is 0 Å². The van der Waals surface area contributed by atoms with Crippen molar-refractivity contribution in [2.24, 2.45) is 0 Å². The SMILES string of the molecule is CCC(C)c1c(-c2cc(C)cc(C(C)(C)C)c2)ncc2ccccc12. The second kappa shape index (κ2) is 6.63. The monoisotopic (exact) mass is 331 g/mol. The average molecular weight is 332 g/mol. The number of hydrogen-bond acceptors (Lipinski definition) is 1. The van der Waals surface area contributed by atoms with Crippen LogP contribution in [0.3, 0.4) is 0 Å². The van der Waals surface area contributed by atoms with Crippen LogP contribution < -0.4 is 0 Å². The summed E-state index contributed by atoms with van der Waals surface area (Å²) in [5.41, 5.74) is 6.56. The summed E-state index contributed by atoms with van der Waals surface area (Å²) in [6.07, 6.45) is 3.14. The molecule has 0 aliphatic carbocycles. The summed E-state index contributed by atoms with van der Waals surface area (Å²) in [5.74, 6) is 0.479. The van der Waals surface area contributed by atoms with Gasteiger partial charge in [0, 0.05) is 17.1 Å². The first-order valence-corrected chi connectivity index (χ1v) is 9.31. The molecule has 0 spiro atoms. The Bertz CT molecular complexity index is 900. The van der Waals surface area contributed by atoms with Crippen LogP contribution in [0.5, 0.6) is 0 Å². The molecular formula is C24H29N. The number of benzene rings is 2. The van der Waals surface area contributed by atoms with E-state index in [9.17, 15) is 0 Å². The topological polar surface area (TPSA) is 12.9 Å². The highest BCUT2D eigenvalue weighted by atomic mass is 14.7. The van der Waals surface area contributed by atoms with Crippen LogP contribution in [0.4, 0.5) is 0 Å². The molecule has 25 heavy (non-hydrogen) atoms. The van der Waals surface area contributed by atoms with Crippen LogP contribution in [0, 0.1) is 6.92 Å². The molecule has 0 saturated carbocycles. The van der Waals surface area contributed by atoms with Gasteiger partial charge in [-0.15, -0.1) is 0 Å². The van der Waals surface area contributed by atoms with Crippen molar-refractivity contribution >= 4 is 10.8 Å².